The molecule has 0 radical (unpaired) electrons. The van der Waals surface area contributed by atoms with Crippen molar-refractivity contribution in [1.82, 2.24) is 0 Å². The summed E-state index contributed by atoms with van der Waals surface area (Å²) in [6.07, 6.45) is 0. The molecule has 0 fully saturated rings. The van der Waals surface area contributed by atoms with Gasteiger partial charge in [-0.1, -0.05) is 52.3 Å². The van der Waals surface area contributed by atoms with Crippen LogP contribution in [0.25, 0.3) is 11.1 Å². The maximum absolute atomic E-state index is 11.9. The van der Waals surface area contributed by atoms with Crippen molar-refractivity contribution in [1.29, 1.82) is 0 Å². The molecular formula is C16H17BrNO+. The second-order valence-electron chi connectivity index (χ2n) is 4.89. The van der Waals surface area contributed by atoms with E-state index in [0.717, 1.165) is 26.1 Å². The SMILES string of the molecule is C[NH+](C)CC(=O)c1ccc(-c2ccc(Br)cc2)cc1. The van der Waals surface area contributed by atoms with Crippen molar-refractivity contribution in [2.45, 2.75) is 0 Å². The molecule has 0 aliphatic carbocycles. The first-order chi connectivity index (χ1) is 9.06. The second-order valence-corrected chi connectivity index (χ2v) is 5.81. The van der Waals surface area contributed by atoms with Crippen molar-refractivity contribution >= 4 is 21.7 Å². The number of carbonyl (C=O) groups is 1. The number of likely N-dealkylation sites (N-methyl/N-ethyl adjacent to an activating group) is 1. The summed E-state index contributed by atoms with van der Waals surface area (Å²) in [6.45, 7) is 0.525. The lowest BCUT2D eigenvalue weighted by atomic mass is 10.0. The molecule has 2 rings (SSSR count). The third-order valence-electron chi connectivity index (χ3n) is 2.90. The minimum Gasteiger partial charge on any atom is -0.333 e. The second kappa shape index (κ2) is 6.13. The monoisotopic (exact) mass is 318 g/mol. The van der Waals surface area contributed by atoms with Gasteiger partial charge in [0.25, 0.3) is 0 Å². The highest BCUT2D eigenvalue weighted by Crippen LogP contribution is 2.22. The summed E-state index contributed by atoms with van der Waals surface area (Å²) >= 11 is 3.42. The Kier molecular flexibility index (Phi) is 4.51. The number of quaternary nitrogens is 1. The minimum absolute atomic E-state index is 0.183. The van der Waals surface area contributed by atoms with Gasteiger partial charge in [0.1, 0.15) is 6.54 Å². The Bertz CT molecular complexity index is 558. The highest BCUT2D eigenvalue weighted by atomic mass is 79.9. The van der Waals surface area contributed by atoms with Crippen molar-refractivity contribution in [2.75, 3.05) is 20.6 Å². The van der Waals surface area contributed by atoms with Crippen LogP contribution in [-0.2, 0) is 0 Å². The van der Waals surface area contributed by atoms with Crippen LogP contribution in [-0.4, -0.2) is 26.4 Å². The Hall–Kier alpha value is -1.45. The Morgan fingerprint density at radius 2 is 1.42 bits per heavy atom. The van der Waals surface area contributed by atoms with Gasteiger partial charge in [0.15, 0.2) is 0 Å². The summed E-state index contributed by atoms with van der Waals surface area (Å²) in [5.74, 6) is 0.183. The number of halogens is 1. The molecule has 2 aromatic carbocycles. The molecule has 0 aliphatic heterocycles. The Balaban J connectivity index is 2.18. The number of nitrogens with one attached hydrogen (secondary N) is 1. The van der Waals surface area contributed by atoms with Crippen molar-refractivity contribution < 1.29 is 9.69 Å². The summed E-state index contributed by atoms with van der Waals surface area (Å²) in [4.78, 5) is 13.1. The number of hydrogen-bond donors (Lipinski definition) is 1. The zero-order chi connectivity index (χ0) is 13.8. The van der Waals surface area contributed by atoms with Gasteiger partial charge in [-0.25, -0.2) is 0 Å². The van der Waals surface area contributed by atoms with E-state index in [9.17, 15) is 4.79 Å². The average Bonchev–Trinajstić information content (AvgIpc) is 2.39. The van der Waals surface area contributed by atoms with Crippen LogP contribution in [0.3, 0.4) is 0 Å². The predicted molar refractivity (Wildman–Crippen MR) is 81.6 cm³/mol. The molecule has 0 heterocycles. The van der Waals surface area contributed by atoms with E-state index in [-0.39, 0.29) is 5.78 Å². The molecule has 98 valence electrons. The first-order valence-electron chi connectivity index (χ1n) is 6.24. The van der Waals surface area contributed by atoms with Gasteiger partial charge in [-0.15, -0.1) is 0 Å². The lowest BCUT2D eigenvalue weighted by molar-refractivity contribution is -0.848. The van der Waals surface area contributed by atoms with E-state index in [1.807, 2.05) is 50.5 Å². The molecule has 3 heteroatoms. The molecule has 0 bridgehead atoms. The largest absolute Gasteiger partial charge is 0.333 e. The predicted octanol–water partition coefficient (Wildman–Crippen LogP) is 2.44. The summed E-state index contributed by atoms with van der Waals surface area (Å²) in [7, 11) is 3.96. The van der Waals surface area contributed by atoms with E-state index in [4.69, 9.17) is 0 Å². The van der Waals surface area contributed by atoms with Crippen LogP contribution in [0.1, 0.15) is 10.4 Å². The fourth-order valence-corrected chi connectivity index (χ4v) is 2.18. The van der Waals surface area contributed by atoms with Gasteiger partial charge in [-0.3, -0.25) is 4.79 Å². The van der Waals surface area contributed by atoms with Crippen LogP contribution in [0.5, 0.6) is 0 Å². The van der Waals surface area contributed by atoms with Gasteiger partial charge in [-0.05, 0) is 23.3 Å². The third kappa shape index (κ3) is 3.75. The van der Waals surface area contributed by atoms with Crippen LogP contribution in [0.4, 0.5) is 0 Å². The number of ketones is 1. The van der Waals surface area contributed by atoms with Gasteiger partial charge in [0.2, 0.25) is 5.78 Å². The summed E-state index contributed by atoms with van der Waals surface area (Å²) < 4.78 is 1.07. The van der Waals surface area contributed by atoms with Gasteiger partial charge >= 0.3 is 0 Å². The molecule has 0 spiro atoms. The van der Waals surface area contributed by atoms with Crippen LogP contribution >= 0.6 is 15.9 Å². The van der Waals surface area contributed by atoms with Gasteiger partial charge in [0, 0.05) is 10.0 Å². The van der Waals surface area contributed by atoms with Gasteiger partial charge < -0.3 is 4.90 Å². The molecule has 0 aromatic heterocycles. The number of hydrogen-bond acceptors (Lipinski definition) is 1. The van der Waals surface area contributed by atoms with E-state index in [1.165, 1.54) is 0 Å². The first kappa shape index (κ1) is 14.0. The molecule has 0 saturated carbocycles. The molecule has 2 nitrogen and oxygen atoms in total. The molecule has 0 atom stereocenters. The number of carbonyl (C=O) groups excluding carboxylic acids is 1. The van der Waals surface area contributed by atoms with E-state index in [0.29, 0.717) is 6.54 Å². The number of Topliss-reactive ketones (excluding diaryl/α,β-unsaturated/α-hetero) is 1. The maximum atomic E-state index is 11.9. The van der Waals surface area contributed by atoms with Crippen LogP contribution in [0.15, 0.2) is 53.0 Å². The molecule has 0 amide bonds. The summed E-state index contributed by atoms with van der Waals surface area (Å²) in [5.41, 5.74) is 3.06. The van der Waals surface area contributed by atoms with Crippen molar-refractivity contribution in [3.05, 3.63) is 58.6 Å². The third-order valence-corrected chi connectivity index (χ3v) is 3.43. The van der Waals surface area contributed by atoms with E-state index in [1.54, 1.807) is 0 Å². The topological polar surface area (TPSA) is 21.5 Å². The van der Waals surface area contributed by atoms with Gasteiger partial charge in [0.05, 0.1) is 14.1 Å². The quantitative estimate of drug-likeness (QED) is 0.859. The standard InChI is InChI=1S/C16H16BrNO/c1-18(2)11-16(19)14-5-3-12(4-6-14)13-7-9-15(17)10-8-13/h3-10H,11H2,1-2H3/p+1. The minimum atomic E-state index is 0.183. The van der Waals surface area contributed by atoms with Crippen LogP contribution in [0, 0.1) is 0 Å². The number of benzene rings is 2. The lowest BCUT2D eigenvalue weighted by Crippen LogP contribution is -3.06. The Morgan fingerprint density at radius 3 is 1.89 bits per heavy atom. The highest BCUT2D eigenvalue weighted by molar-refractivity contribution is 9.10. The Labute approximate surface area is 122 Å². The van der Waals surface area contributed by atoms with E-state index in [2.05, 4.69) is 28.1 Å². The molecule has 0 aliphatic rings. The van der Waals surface area contributed by atoms with Crippen molar-refractivity contribution in [3.63, 3.8) is 0 Å². The molecular weight excluding hydrogens is 302 g/mol. The van der Waals surface area contributed by atoms with Crippen molar-refractivity contribution in [3.8, 4) is 11.1 Å². The maximum Gasteiger partial charge on any atom is 0.216 e. The van der Waals surface area contributed by atoms with Crippen LogP contribution < -0.4 is 4.90 Å². The smallest absolute Gasteiger partial charge is 0.216 e. The normalized spacial score (nSPS) is 10.7. The van der Waals surface area contributed by atoms with E-state index < -0.39 is 0 Å². The molecule has 0 saturated heterocycles. The molecule has 19 heavy (non-hydrogen) atoms. The fourth-order valence-electron chi connectivity index (χ4n) is 1.91. The zero-order valence-electron chi connectivity index (χ0n) is 11.1. The fraction of sp³-hybridized carbons (Fsp3) is 0.188. The van der Waals surface area contributed by atoms with Gasteiger partial charge in [-0.2, -0.15) is 0 Å². The lowest BCUT2D eigenvalue weighted by Gasteiger charge is -2.07. The Morgan fingerprint density at radius 1 is 0.947 bits per heavy atom. The highest BCUT2D eigenvalue weighted by Gasteiger charge is 2.09. The molecule has 2 aromatic rings. The summed E-state index contributed by atoms with van der Waals surface area (Å²) in [5, 5.41) is 0. The number of rotatable bonds is 4. The molecule has 0 unspecified atom stereocenters. The van der Waals surface area contributed by atoms with E-state index >= 15 is 0 Å². The van der Waals surface area contributed by atoms with Crippen LogP contribution in [0.2, 0.25) is 0 Å². The molecule has 1 N–H and O–H groups in total. The van der Waals surface area contributed by atoms with Crippen molar-refractivity contribution in [2.24, 2.45) is 0 Å². The average molecular weight is 319 g/mol. The first-order valence-corrected chi connectivity index (χ1v) is 7.04. The zero-order valence-corrected chi connectivity index (χ0v) is 12.7. The summed E-state index contributed by atoms with van der Waals surface area (Å²) in [6, 6.07) is 16.0.